The number of carbonyl (C=O) groups is 1. The summed E-state index contributed by atoms with van der Waals surface area (Å²) in [5.41, 5.74) is 5.96. The summed E-state index contributed by atoms with van der Waals surface area (Å²) in [7, 11) is 4.89. The van der Waals surface area contributed by atoms with Crippen LogP contribution in [-0.2, 0) is 7.05 Å². The zero-order valence-corrected chi connectivity index (χ0v) is 16.7. The highest BCUT2D eigenvalue weighted by molar-refractivity contribution is 5.94. The molecule has 0 radical (unpaired) electrons. The van der Waals surface area contributed by atoms with Gasteiger partial charge >= 0.3 is 0 Å². The Hall–Kier alpha value is -4.08. The van der Waals surface area contributed by atoms with Crippen LogP contribution in [0.5, 0.6) is 11.5 Å². The van der Waals surface area contributed by atoms with E-state index in [1.54, 1.807) is 35.2 Å². The van der Waals surface area contributed by atoms with E-state index in [4.69, 9.17) is 15.2 Å². The van der Waals surface area contributed by atoms with Crippen LogP contribution < -0.4 is 20.5 Å². The SMILES string of the molecule is COc1cc(OC)cc(C(Nc2ccc(C(N)=O)cc2[N+](=O)[O-])c2nccn2C)c1. The number of methoxy groups -OCH3 is 2. The van der Waals surface area contributed by atoms with Crippen molar-refractivity contribution in [3.63, 3.8) is 0 Å². The number of hydrogen-bond acceptors (Lipinski definition) is 7. The molecule has 3 rings (SSSR count). The van der Waals surface area contributed by atoms with Gasteiger partial charge in [0.1, 0.15) is 29.1 Å². The molecule has 0 spiro atoms. The average Bonchev–Trinajstić information content (AvgIpc) is 3.16. The van der Waals surface area contributed by atoms with E-state index in [1.807, 2.05) is 7.05 Å². The van der Waals surface area contributed by atoms with Crippen molar-refractivity contribution in [2.75, 3.05) is 19.5 Å². The third-order valence-corrected chi connectivity index (χ3v) is 4.60. The second kappa shape index (κ2) is 8.52. The first-order chi connectivity index (χ1) is 14.3. The highest BCUT2D eigenvalue weighted by Crippen LogP contribution is 2.35. The molecule has 0 aliphatic carbocycles. The fourth-order valence-corrected chi connectivity index (χ4v) is 3.06. The molecule has 0 fully saturated rings. The van der Waals surface area contributed by atoms with Crippen LogP contribution in [0.15, 0.2) is 48.8 Å². The summed E-state index contributed by atoms with van der Waals surface area (Å²) in [5, 5.41) is 14.8. The molecule has 0 aliphatic rings. The zero-order chi connectivity index (χ0) is 21.8. The Morgan fingerprint density at radius 1 is 1.20 bits per heavy atom. The van der Waals surface area contributed by atoms with Crippen LogP contribution in [0, 0.1) is 10.1 Å². The molecule has 0 aliphatic heterocycles. The maximum absolute atomic E-state index is 11.6. The minimum atomic E-state index is -0.747. The van der Waals surface area contributed by atoms with Gasteiger partial charge in [0.05, 0.1) is 19.1 Å². The number of aromatic nitrogens is 2. The number of aryl methyl sites for hydroxylation is 1. The van der Waals surface area contributed by atoms with Gasteiger partial charge in [-0.15, -0.1) is 0 Å². The van der Waals surface area contributed by atoms with Crippen LogP contribution in [0.2, 0.25) is 0 Å². The molecule has 1 heterocycles. The molecule has 10 nitrogen and oxygen atoms in total. The number of nitrogens with two attached hydrogens (primary N) is 1. The van der Waals surface area contributed by atoms with Gasteiger partial charge in [-0.1, -0.05) is 0 Å². The van der Waals surface area contributed by atoms with Crippen LogP contribution in [0.3, 0.4) is 0 Å². The Kier molecular flexibility index (Phi) is 5.86. The quantitative estimate of drug-likeness (QED) is 0.430. The Bertz CT molecular complexity index is 1070. The van der Waals surface area contributed by atoms with E-state index in [0.29, 0.717) is 22.9 Å². The van der Waals surface area contributed by atoms with E-state index in [1.165, 1.54) is 26.4 Å². The van der Waals surface area contributed by atoms with E-state index < -0.39 is 16.9 Å². The number of rotatable bonds is 8. The lowest BCUT2D eigenvalue weighted by Gasteiger charge is -2.21. The maximum atomic E-state index is 11.6. The molecule has 30 heavy (non-hydrogen) atoms. The summed E-state index contributed by atoms with van der Waals surface area (Å²) in [5.74, 6) is 0.981. The molecule has 3 aromatic rings. The number of nitro benzene ring substituents is 1. The average molecular weight is 411 g/mol. The lowest BCUT2D eigenvalue weighted by atomic mass is 10.0. The van der Waals surface area contributed by atoms with E-state index in [9.17, 15) is 14.9 Å². The smallest absolute Gasteiger partial charge is 0.293 e. The predicted molar refractivity (Wildman–Crippen MR) is 110 cm³/mol. The number of ether oxygens (including phenoxy) is 2. The van der Waals surface area contributed by atoms with E-state index in [0.717, 1.165) is 6.07 Å². The third kappa shape index (κ3) is 4.17. The van der Waals surface area contributed by atoms with Crippen molar-refractivity contribution in [1.29, 1.82) is 0 Å². The van der Waals surface area contributed by atoms with Crippen LogP contribution in [0.1, 0.15) is 27.8 Å². The topological polar surface area (TPSA) is 135 Å². The summed E-state index contributed by atoms with van der Waals surface area (Å²) < 4.78 is 12.5. The minimum absolute atomic E-state index is 0.0452. The molecule has 2 aromatic carbocycles. The highest BCUT2D eigenvalue weighted by Gasteiger charge is 2.24. The number of nitrogens with zero attached hydrogens (tertiary/aromatic N) is 3. The lowest BCUT2D eigenvalue weighted by molar-refractivity contribution is -0.384. The molecule has 0 saturated heterocycles. The Morgan fingerprint density at radius 3 is 2.37 bits per heavy atom. The van der Waals surface area contributed by atoms with Crippen LogP contribution >= 0.6 is 0 Å². The van der Waals surface area contributed by atoms with E-state index in [2.05, 4.69) is 10.3 Å². The van der Waals surface area contributed by atoms with Crippen LogP contribution in [-0.4, -0.2) is 34.6 Å². The second-order valence-electron chi connectivity index (χ2n) is 6.47. The zero-order valence-electron chi connectivity index (χ0n) is 16.7. The Morgan fingerprint density at radius 2 is 1.87 bits per heavy atom. The molecule has 1 amide bonds. The third-order valence-electron chi connectivity index (χ3n) is 4.60. The van der Waals surface area contributed by atoms with Gasteiger partial charge in [-0.05, 0) is 29.8 Å². The standard InChI is InChI=1S/C20H21N5O5/c1-24-7-6-22-20(24)18(13-8-14(29-2)11-15(9-13)30-3)23-16-5-4-12(19(21)26)10-17(16)25(27)28/h4-11,18,23H,1-3H3,(H2,21,26). The molecule has 10 heteroatoms. The van der Waals surface area contributed by atoms with Gasteiger partial charge in [0.25, 0.3) is 5.69 Å². The summed E-state index contributed by atoms with van der Waals surface area (Å²) in [6, 6.07) is 8.75. The number of benzene rings is 2. The largest absolute Gasteiger partial charge is 0.497 e. The number of imidazole rings is 1. The first-order valence-electron chi connectivity index (χ1n) is 8.89. The van der Waals surface area contributed by atoms with E-state index in [-0.39, 0.29) is 16.9 Å². The number of anilines is 1. The van der Waals surface area contributed by atoms with Gasteiger partial charge in [0, 0.05) is 37.1 Å². The summed E-state index contributed by atoms with van der Waals surface area (Å²) in [6.07, 6.45) is 3.40. The van der Waals surface area contributed by atoms with Crippen molar-refractivity contribution in [3.05, 3.63) is 75.9 Å². The van der Waals surface area contributed by atoms with Crippen molar-refractivity contribution in [3.8, 4) is 11.5 Å². The van der Waals surface area contributed by atoms with Gasteiger partial charge in [-0.25, -0.2) is 4.98 Å². The van der Waals surface area contributed by atoms with Crippen LogP contribution in [0.25, 0.3) is 0 Å². The van der Waals surface area contributed by atoms with E-state index >= 15 is 0 Å². The molecule has 1 atom stereocenters. The molecule has 156 valence electrons. The highest BCUT2D eigenvalue weighted by atomic mass is 16.6. The second-order valence-corrected chi connectivity index (χ2v) is 6.47. The minimum Gasteiger partial charge on any atom is -0.497 e. The molecule has 0 saturated carbocycles. The van der Waals surface area contributed by atoms with Crippen molar-refractivity contribution < 1.29 is 19.2 Å². The van der Waals surface area contributed by atoms with Crippen molar-refractivity contribution in [1.82, 2.24) is 9.55 Å². The molecule has 1 unspecified atom stereocenters. The molecule has 1 aromatic heterocycles. The molecule has 0 bridgehead atoms. The number of amides is 1. The van der Waals surface area contributed by atoms with Crippen molar-refractivity contribution >= 4 is 17.3 Å². The number of carbonyl (C=O) groups excluding carboxylic acids is 1. The van der Waals surface area contributed by atoms with Crippen molar-refractivity contribution in [2.24, 2.45) is 12.8 Å². The van der Waals surface area contributed by atoms with Crippen LogP contribution in [0.4, 0.5) is 11.4 Å². The number of nitrogens with one attached hydrogen (secondary N) is 1. The monoisotopic (exact) mass is 411 g/mol. The predicted octanol–water partition coefficient (Wildman–Crippen LogP) is 2.65. The number of primary amides is 1. The van der Waals surface area contributed by atoms with Gasteiger partial charge in [-0.3, -0.25) is 14.9 Å². The molecule has 3 N–H and O–H groups in total. The fraction of sp³-hybridized carbons (Fsp3) is 0.200. The summed E-state index contributed by atoms with van der Waals surface area (Å²) in [4.78, 5) is 26.9. The fourth-order valence-electron chi connectivity index (χ4n) is 3.06. The number of nitro groups is 1. The lowest BCUT2D eigenvalue weighted by Crippen LogP contribution is -2.18. The van der Waals surface area contributed by atoms with Gasteiger partial charge in [0.2, 0.25) is 5.91 Å². The summed E-state index contributed by atoms with van der Waals surface area (Å²) >= 11 is 0. The van der Waals surface area contributed by atoms with Crippen molar-refractivity contribution in [2.45, 2.75) is 6.04 Å². The van der Waals surface area contributed by atoms with Gasteiger partial charge in [-0.2, -0.15) is 0 Å². The molecular weight excluding hydrogens is 390 g/mol. The Balaban J connectivity index is 2.14. The number of hydrogen-bond donors (Lipinski definition) is 2. The van der Waals surface area contributed by atoms with Gasteiger partial charge < -0.3 is 25.1 Å². The molecular formula is C20H21N5O5. The normalized spacial score (nSPS) is 11.6. The maximum Gasteiger partial charge on any atom is 0.293 e. The summed E-state index contributed by atoms with van der Waals surface area (Å²) in [6.45, 7) is 0. The Labute approximate surface area is 172 Å². The van der Waals surface area contributed by atoms with Gasteiger partial charge in [0.15, 0.2) is 0 Å². The first-order valence-corrected chi connectivity index (χ1v) is 8.89. The first kappa shape index (κ1) is 20.6.